The molecule has 0 spiro atoms. The Morgan fingerprint density at radius 1 is 1.14 bits per heavy atom. The van der Waals surface area contributed by atoms with Gasteiger partial charge in [0.15, 0.2) is 0 Å². The van der Waals surface area contributed by atoms with Gasteiger partial charge in [0.25, 0.3) is 5.91 Å². The molecule has 2 aliphatic rings. The van der Waals surface area contributed by atoms with E-state index in [9.17, 15) is 19.2 Å². The summed E-state index contributed by atoms with van der Waals surface area (Å²) in [4.78, 5) is 54.0. The molecule has 2 heterocycles. The number of amides is 4. The van der Waals surface area contributed by atoms with Crippen molar-refractivity contribution < 1.29 is 28.7 Å². The van der Waals surface area contributed by atoms with Gasteiger partial charge in [-0.2, -0.15) is 0 Å². The molecule has 1 aromatic carbocycles. The molecule has 1 fully saturated rings. The molecule has 1 saturated heterocycles. The average Bonchev–Trinajstić information content (AvgIpc) is 3.32. The highest BCUT2D eigenvalue weighted by Gasteiger charge is 2.35. The second-order valence-electron chi connectivity index (χ2n) is 9.63. The normalized spacial score (nSPS) is 24.4. The van der Waals surface area contributed by atoms with Gasteiger partial charge in [-0.1, -0.05) is 26.0 Å². The maximum Gasteiger partial charge on any atom is 0.255 e. The number of nitrogens with zero attached hydrogens (tertiary/aromatic N) is 1. The largest absolute Gasteiger partial charge is 0.493 e. The van der Waals surface area contributed by atoms with Crippen LogP contribution in [0.2, 0.25) is 0 Å². The minimum atomic E-state index is -0.909. The molecule has 0 saturated carbocycles. The lowest BCUT2D eigenvalue weighted by molar-refractivity contribution is -0.135. The smallest absolute Gasteiger partial charge is 0.255 e. The van der Waals surface area contributed by atoms with Gasteiger partial charge >= 0.3 is 0 Å². The molecule has 0 aromatic heterocycles. The van der Waals surface area contributed by atoms with E-state index in [2.05, 4.69) is 16.0 Å². The van der Waals surface area contributed by atoms with Crippen molar-refractivity contribution in [1.29, 1.82) is 0 Å². The van der Waals surface area contributed by atoms with Crippen molar-refractivity contribution in [3.8, 4) is 5.75 Å². The molecule has 10 heteroatoms. The molecule has 4 amide bonds. The zero-order valence-electron chi connectivity index (χ0n) is 21.4. The molecule has 36 heavy (non-hydrogen) atoms. The van der Waals surface area contributed by atoms with E-state index in [1.165, 1.54) is 0 Å². The van der Waals surface area contributed by atoms with Crippen molar-refractivity contribution in [1.82, 2.24) is 20.9 Å². The molecule has 0 radical (unpaired) electrons. The van der Waals surface area contributed by atoms with Crippen LogP contribution in [0.5, 0.6) is 5.75 Å². The number of rotatable bonds is 4. The molecule has 10 nitrogen and oxygen atoms in total. The van der Waals surface area contributed by atoms with Gasteiger partial charge in [0, 0.05) is 26.6 Å². The number of hydrogen-bond acceptors (Lipinski definition) is 6. The summed E-state index contributed by atoms with van der Waals surface area (Å²) in [6, 6.07) is 5.16. The van der Waals surface area contributed by atoms with Crippen molar-refractivity contribution in [2.75, 3.05) is 33.4 Å². The number of para-hydroxylation sites is 1. The number of benzene rings is 1. The topological polar surface area (TPSA) is 126 Å². The van der Waals surface area contributed by atoms with Crippen LogP contribution in [-0.4, -0.2) is 80.1 Å². The number of fused-ring (bicyclic) bond motifs is 1. The number of methoxy groups -OCH3 is 1. The molecule has 3 rings (SSSR count). The van der Waals surface area contributed by atoms with Crippen LogP contribution in [-0.2, 0) is 19.1 Å². The van der Waals surface area contributed by atoms with Crippen molar-refractivity contribution >= 4 is 23.6 Å². The van der Waals surface area contributed by atoms with Gasteiger partial charge in [-0.15, -0.1) is 0 Å². The van der Waals surface area contributed by atoms with Gasteiger partial charge in [0.1, 0.15) is 17.8 Å². The Morgan fingerprint density at radius 2 is 1.92 bits per heavy atom. The summed E-state index contributed by atoms with van der Waals surface area (Å²) in [7, 11) is 1.59. The van der Waals surface area contributed by atoms with Gasteiger partial charge in [0.05, 0.1) is 24.8 Å². The Labute approximate surface area is 212 Å². The van der Waals surface area contributed by atoms with Crippen LogP contribution < -0.4 is 20.7 Å². The summed E-state index contributed by atoms with van der Waals surface area (Å²) in [6.45, 7) is 5.37. The molecule has 0 aliphatic carbocycles. The Balaban J connectivity index is 1.86. The van der Waals surface area contributed by atoms with Crippen LogP contribution >= 0.6 is 0 Å². The van der Waals surface area contributed by atoms with Gasteiger partial charge in [-0.3, -0.25) is 19.2 Å². The number of carbonyl (C=O) groups excluding carboxylic acids is 4. The monoisotopic (exact) mass is 502 g/mol. The van der Waals surface area contributed by atoms with Crippen molar-refractivity contribution in [2.45, 2.75) is 64.1 Å². The summed E-state index contributed by atoms with van der Waals surface area (Å²) >= 11 is 0. The van der Waals surface area contributed by atoms with Gasteiger partial charge in [-0.05, 0) is 43.7 Å². The summed E-state index contributed by atoms with van der Waals surface area (Å²) < 4.78 is 11.1. The van der Waals surface area contributed by atoms with Crippen LogP contribution in [0.1, 0.15) is 56.3 Å². The first-order valence-corrected chi connectivity index (χ1v) is 12.7. The van der Waals surface area contributed by atoms with Gasteiger partial charge in [0.2, 0.25) is 17.7 Å². The third-order valence-electron chi connectivity index (χ3n) is 6.56. The standard InChI is InChI=1S/C26H38N4O6/c1-17(2)23-25(33)27-13-7-15-36-21-10-5-4-9-19(21)24(32)28-20(11-12-22(31)29-23)26(34)30-14-6-8-18(30)16-35-3/h4-5,9-10,17-18,20,23H,6-8,11-16H2,1-3H3,(H,27,33)(H,28,32)(H,29,31)/t18-,20-,23+/m0/s1. The van der Waals surface area contributed by atoms with E-state index in [-0.39, 0.29) is 49.1 Å². The van der Waals surface area contributed by atoms with Crippen LogP contribution in [0.4, 0.5) is 0 Å². The van der Waals surface area contributed by atoms with E-state index in [0.29, 0.717) is 37.4 Å². The highest BCUT2D eigenvalue weighted by Crippen LogP contribution is 2.22. The SMILES string of the molecule is COC[C@@H]1CCCN1C(=O)[C@@H]1CCC(=O)N[C@H](C(C)C)C(=O)NCCCOc2ccccc2C(=O)N1. The predicted octanol–water partition coefficient (Wildman–Crippen LogP) is 1.24. The minimum absolute atomic E-state index is 0.0197. The molecule has 2 aliphatic heterocycles. The highest BCUT2D eigenvalue weighted by molar-refractivity contribution is 6.00. The molecular weight excluding hydrogens is 464 g/mol. The van der Waals surface area contributed by atoms with Crippen LogP contribution in [0.15, 0.2) is 24.3 Å². The molecule has 3 N–H and O–H groups in total. The Kier molecular flexibility index (Phi) is 10.1. The zero-order chi connectivity index (χ0) is 26.1. The average molecular weight is 503 g/mol. The van der Waals surface area contributed by atoms with Crippen molar-refractivity contribution in [3.63, 3.8) is 0 Å². The first kappa shape index (κ1) is 27.4. The number of carbonyl (C=O) groups is 4. The Bertz CT molecular complexity index is 937. The fraction of sp³-hybridized carbons (Fsp3) is 0.615. The number of nitrogens with one attached hydrogen (secondary N) is 3. The van der Waals surface area contributed by atoms with E-state index in [0.717, 1.165) is 12.8 Å². The summed E-state index contributed by atoms with van der Waals surface area (Å²) in [5, 5.41) is 8.49. The molecule has 1 aromatic rings. The van der Waals surface area contributed by atoms with E-state index >= 15 is 0 Å². The van der Waals surface area contributed by atoms with Crippen molar-refractivity contribution in [3.05, 3.63) is 29.8 Å². The fourth-order valence-electron chi connectivity index (χ4n) is 4.60. The Hall–Kier alpha value is -3.14. The zero-order valence-corrected chi connectivity index (χ0v) is 21.4. The number of hydrogen-bond donors (Lipinski definition) is 3. The van der Waals surface area contributed by atoms with E-state index in [1.54, 1.807) is 36.3 Å². The van der Waals surface area contributed by atoms with Crippen LogP contribution in [0, 0.1) is 5.92 Å². The van der Waals surface area contributed by atoms with Crippen LogP contribution in [0.3, 0.4) is 0 Å². The minimum Gasteiger partial charge on any atom is -0.493 e. The van der Waals surface area contributed by atoms with E-state index in [1.807, 2.05) is 13.8 Å². The summed E-state index contributed by atoms with van der Waals surface area (Å²) in [5.74, 6) is -1.00. The lowest BCUT2D eigenvalue weighted by Gasteiger charge is -2.29. The lowest BCUT2D eigenvalue weighted by Crippen LogP contribution is -2.52. The quantitative estimate of drug-likeness (QED) is 0.569. The maximum absolute atomic E-state index is 13.5. The van der Waals surface area contributed by atoms with Crippen LogP contribution in [0.25, 0.3) is 0 Å². The predicted molar refractivity (Wildman–Crippen MR) is 133 cm³/mol. The number of likely N-dealkylation sites (tertiary alicyclic amines) is 1. The van der Waals surface area contributed by atoms with Crippen molar-refractivity contribution in [2.24, 2.45) is 5.92 Å². The maximum atomic E-state index is 13.5. The fourth-order valence-corrected chi connectivity index (χ4v) is 4.60. The van der Waals surface area contributed by atoms with E-state index < -0.39 is 18.0 Å². The molecule has 0 bridgehead atoms. The molecule has 3 atom stereocenters. The second kappa shape index (κ2) is 13.2. The first-order chi connectivity index (χ1) is 17.3. The lowest BCUT2D eigenvalue weighted by atomic mass is 10.0. The summed E-state index contributed by atoms with van der Waals surface area (Å²) in [6.07, 6.45) is 2.28. The first-order valence-electron chi connectivity index (χ1n) is 12.7. The highest BCUT2D eigenvalue weighted by atomic mass is 16.5. The molecule has 198 valence electrons. The second-order valence-corrected chi connectivity index (χ2v) is 9.63. The third-order valence-corrected chi connectivity index (χ3v) is 6.56. The third kappa shape index (κ3) is 7.19. The Morgan fingerprint density at radius 3 is 2.67 bits per heavy atom. The van der Waals surface area contributed by atoms with Gasteiger partial charge < -0.3 is 30.3 Å². The number of ether oxygens (including phenoxy) is 2. The van der Waals surface area contributed by atoms with E-state index in [4.69, 9.17) is 9.47 Å². The molecule has 0 unspecified atom stereocenters. The van der Waals surface area contributed by atoms with Gasteiger partial charge in [-0.25, -0.2) is 0 Å². The summed E-state index contributed by atoms with van der Waals surface area (Å²) in [5.41, 5.74) is 0.311. The molecular formula is C26H38N4O6.